The Labute approximate surface area is 136 Å². The molecule has 2 N–H and O–H groups in total. The summed E-state index contributed by atoms with van der Waals surface area (Å²) in [7, 11) is 0. The minimum Gasteiger partial charge on any atom is -0.352 e. The third-order valence-electron chi connectivity index (χ3n) is 4.22. The average Bonchev–Trinajstić information content (AvgIpc) is 2.63. The highest BCUT2D eigenvalue weighted by atomic mass is 16.1. The number of piperidine rings is 1. The highest BCUT2D eigenvalue weighted by Gasteiger charge is 2.15. The summed E-state index contributed by atoms with van der Waals surface area (Å²) in [5.41, 5.74) is 2.90. The maximum atomic E-state index is 12.2. The standard InChI is InChI=1S/C18H22N4O/c23-18(22-9-7-17-13-20-10-11-21-17)15-5-3-14(4-6-15)16-2-1-8-19-12-16/h3-6,10-11,13,16,19H,1-2,7-9,12H2,(H,22,23)/t16-/m1/s1. The van der Waals surface area contributed by atoms with Crippen molar-refractivity contribution in [1.29, 1.82) is 0 Å². The van der Waals surface area contributed by atoms with Crippen LogP contribution >= 0.6 is 0 Å². The summed E-state index contributed by atoms with van der Waals surface area (Å²) < 4.78 is 0. The van der Waals surface area contributed by atoms with Gasteiger partial charge in [-0.25, -0.2) is 0 Å². The topological polar surface area (TPSA) is 66.9 Å². The zero-order valence-electron chi connectivity index (χ0n) is 13.2. The molecule has 1 aliphatic heterocycles. The van der Waals surface area contributed by atoms with Gasteiger partial charge in [0.1, 0.15) is 0 Å². The molecule has 0 radical (unpaired) electrons. The molecule has 1 atom stereocenters. The van der Waals surface area contributed by atoms with Crippen LogP contribution in [0.3, 0.4) is 0 Å². The van der Waals surface area contributed by atoms with Crippen molar-refractivity contribution in [2.45, 2.75) is 25.2 Å². The van der Waals surface area contributed by atoms with Crippen LogP contribution in [0.4, 0.5) is 0 Å². The van der Waals surface area contributed by atoms with Crippen molar-refractivity contribution in [2.75, 3.05) is 19.6 Å². The fourth-order valence-electron chi connectivity index (χ4n) is 2.91. The number of carbonyl (C=O) groups is 1. The Morgan fingerprint density at radius 1 is 1.26 bits per heavy atom. The van der Waals surface area contributed by atoms with E-state index in [2.05, 4.69) is 32.7 Å². The van der Waals surface area contributed by atoms with Gasteiger partial charge in [0.2, 0.25) is 0 Å². The number of benzene rings is 1. The normalized spacial score (nSPS) is 17.7. The molecule has 0 aliphatic carbocycles. The lowest BCUT2D eigenvalue weighted by Crippen LogP contribution is -2.28. The Bertz CT molecular complexity index is 621. The van der Waals surface area contributed by atoms with E-state index in [0.29, 0.717) is 24.4 Å². The van der Waals surface area contributed by atoms with Crippen molar-refractivity contribution in [2.24, 2.45) is 0 Å². The van der Waals surface area contributed by atoms with Gasteiger partial charge >= 0.3 is 0 Å². The lowest BCUT2D eigenvalue weighted by molar-refractivity contribution is 0.0954. The zero-order chi connectivity index (χ0) is 15.9. The molecule has 1 fully saturated rings. The summed E-state index contributed by atoms with van der Waals surface area (Å²) in [6.45, 7) is 2.71. The van der Waals surface area contributed by atoms with E-state index in [4.69, 9.17) is 0 Å². The Morgan fingerprint density at radius 3 is 2.83 bits per heavy atom. The van der Waals surface area contributed by atoms with Crippen molar-refractivity contribution < 1.29 is 4.79 Å². The Morgan fingerprint density at radius 2 is 2.13 bits per heavy atom. The van der Waals surface area contributed by atoms with Crippen molar-refractivity contribution in [3.05, 3.63) is 59.7 Å². The largest absolute Gasteiger partial charge is 0.352 e. The molecule has 2 heterocycles. The number of rotatable bonds is 5. The summed E-state index contributed by atoms with van der Waals surface area (Å²) in [4.78, 5) is 20.4. The third-order valence-corrected chi connectivity index (χ3v) is 4.22. The van der Waals surface area contributed by atoms with E-state index < -0.39 is 0 Å². The van der Waals surface area contributed by atoms with Crippen LogP contribution in [-0.2, 0) is 6.42 Å². The lowest BCUT2D eigenvalue weighted by Gasteiger charge is -2.23. The summed E-state index contributed by atoms with van der Waals surface area (Å²) in [6.07, 6.45) is 8.15. The van der Waals surface area contributed by atoms with Crippen LogP contribution in [0.15, 0.2) is 42.9 Å². The van der Waals surface area contributed by atoms with E-state index in [1.54, 1.807) is 18.6 Å². The SMILES string of the molecule is O=C(NCCc1cnccn1)c1ccc([C@@H]2CCCNC2)cc1. The maximum Gasteiger partial charge on any atom is 0.251 e. The molecule has 1 amide bonds. The number of nitrogens with one attached hydrogen (secondary N) is 2. The van der Waals surface area contributed by atoms with Crippen LogP contribution in [0.25, 0.3) is 0 Å². The molecule has 0 bridgehead atoms. The van der Waals surface area contributed by atoms with Crippen LogP contribution < -0.4 is 10.6 Å². The summed E-state index contributed by atoms with van der Waals surface area (Å²) >= 11 is 0. The molecular formula is C18H22N4O. The molecule has 0 spiro atoms. The molecule has 5 heteroatoms. The van der Waals surface area contributed by atoms with E-state index in [1.807, 2.05) is 12.1 Å². The van der Waals surface area contributed by atoms with Crippen LogP contribution in [-0.4, -0.2) is 35.5 Å². The van der Waals surface area contributed by atoms with Gasteiger partial charge in [-0.1, -0.05) is 12.1 Å². The number of hydrogen-bond acceptors (Lipinski definition) is 4. The van der Waals surface area contributed by atoms with Crippen LogP contribution in [0.5, 0.6) is 0 Å². The van der Waals surface area contributed by atoms with Crippen molar-refractivity contribution >= 4 is 5.91 Å². The van der Waals surface area contributed by atoms with Gasteiger partial charge in [-0.05, 0) is 43.0 Å². The smallest absolute Gasteiger partial charge is 0.251 e. The molecular weight excluding hydrogens is 288 g/mol. The Kier molecular flexibility index (Phi) is 5.32. The monoisotopic (exact) mass is 310 g/mol. The number of carbonyl (C=O) groups excluding carboxylic acids is 1. The van der Waals surface area contributed by atoms with E-state index >= 15 is 0 Å². The number of nitrogens with zero attached hydrogens (tertiary/aromatic N) is 2. The molecule has 3 rings (SSSR count). The average molecular weight is 310 g/mol. The summed E-state index contributed by atoms with van der Waals surface area (Å²) in [6, 6.07) is 7.99. The number of hydrogen-bond donors (Lipinski definition) is 2. The molecule has 1 aromatic heterocycles. The second-order valence-corrected chi connectivity index (χ2v) is 5.87. The molecule has 0 unspecified atom stereocenters. The lowest BCUT2D eigenvalue weighted by atomic mass is 9.91. The predicted molar refractivity (Wildman–Crippen MR) is 89.4 cm³/mol. The van der Waals surface area contributed by atoms with Gasteiger partial charge in [0.05, 0.1) is 5.69 Å². The first-order chi connectivity index (χ1) is 11.3. The van der Waals surface area contributed by atoms with Crippen LogP contribution in [0.2, 0.25) is 0 Å². The fraction of sp³-hybridized carbons (Fsp3) is 0.389. The first-order valence-corrected chi connectivity index (χ1v) is 8.17. The fourth-order valence-corrected chi connectivity index (χ4v) is 2.91. The molecule has 5 nitrogen and oxygen atoms in total. The zero-order valence-corrected chi connectivity index (χ0v) is 13.2. The molecule has 2 aromatic rings. The van der Waals surface area contributed by atoms with Crippen molar-refractivity contribution in [3.63, 3.8) is 0 Å². The van der Waals surface area contributed by atoms with Crippen LogP contribution in [0, 0.1) is 0 Å². The second-order valence-electron chi connectivity index (χ2n) is 5.87. The van der Waals surface area contributed by atoms with Crippen molar-refractivity contribution in [3.8, 4) is 0 Å². The summed E-state index contributed by atoms with van der Waals surface area (Å²) in [5, 5.41) is 6.35. The van der Waals surface area contributed by atoms with Crippen molar-refractivity contribution in [1.82, 2.24) is 20.6 Å². The quantitative estimate of drug-likeness (QED) is 0.885. The van der Waals surface area contributed by atoms with Gasteiger partial charge in [-0.3, -0.25) is 14.8 Å². The maximum absolute atomic E-state index is 12.2. The molecule has 0 saturated carbocycles. The van der Waals surface area contributed by atoms with Gasteiger partial charge in [-0.15, -0.1) is 0 Å². The van der Waals surface area contributed by atoms with Gasteiger partial charge < -0.3 is 10.6 Å². The third kappa shape index (κ3) is 4.36. The highest BCUT2D eigenvalue weighted by Crippen LogP contribution is 2.23. The number of amides is 1. The van der Waals surface area contributed by atoms with E-state index in [9.17, 15) is 4.79 Å². The first kappa shape index (κ1) is 15.6. The molecule has 23 heavy (non-hydrogen) atoms. The minimum absolute atomic E-state index is 0.0396. The second kappa shape index (κ2) is 7.83. The molecule has 1 aliphatic rings. The Hall–Kier alpha value is -2.27. The molecule has 1 saturated heterocycles. The van der Waals surface area contributed by atoms with Gasteiger partial charge in [0.15, 0.2) is 0 Å². The van der Waals surface area contributed by atoms with E-state index in [1.165, 1.54) is 18.4 Å². The number of aromatic nitrogens is 2. The molecule has 1 aromatic carbocycles. The van der Waals surface area contributed by atoms with Gasteiger partial charge in [-0.2, -0.15) is 0 Å². The summed E-state index contributed by atoms with van der Waals surface area (Å²) in [5.74, 6) is 0.528. The van der Waals surface area contributed by atoms with Gasteiger partial charge in [0.25, 0.3) is 5.91 Å². The highest BCUT2D eigenvalue weighted by molar-refractivity contribution is 5.94. The first-order valence-electron chi connectivity index (χ1n) is 8.17. The Balaban J connectivity index is 1.51. The van der Waals surface area contributed by atoms with Crippen LogP contribution in [0.1, 0.15) is 40.4 Å². The van der Waals surface area contributed by atoms with E-state index in [0.717, 1.165) is 18.8 Å². The van der Waals surface area contributed by atoms with E-state index in [-0.39, 0.29) is 5.91 Å². The predicted octanol–water partition coefficient (Wildman–Crippen LogP) is 1.92. The van der Waals surface area contributed by atoms with Gasteiger partial charge in [0, 0.05) is 43.7 Å². The molecule has 120 valence electrons. The minimum atomic E-state index is -0.0396.